The summed E-state index contributed by atoms with van der Waals surface area (Å²) in [6.45, 7) is 0.479. The van der Waals surface area contributed by atoms with Gasteiger partial charge in [0.25, 0.3) is 5.91 Å². The van der Waals surface area contributed by atoms with Crippen LogP contribution < -0.4 is 11.1 Å². The summed E-state index contributed by atoms with van der Waals surface area (Å²) in [6, 6.07) is 11.6. The standard InChI is InChI=1S/C19H20N6O.2ClH/c20-14-7-8-16-13(10-14)4-3-6-17(16)22-19(26)18-12-25(24-23-18)11-15-5-1-2-9-21-15;;/h1-2,5,7-10,12,17H,3-4,6,11,20H2,(H,22,26);2*1H. The van der Waals surface area contributed by atoms with E-state index in [1.807, 2.05) is 36.4 Å². The number of rotatable bonds is 4. The van der Waals surface area contributed by atoms with Crippen molar-refractivity contribution in [2.24, 2.45) is 0 Å². The van der Waals surface area contributed by atoms with Crippen LogP contribution in [0.3, 0.4) is 0 Å². The minimum atomic E-state index is -0.216. The molecule has 9 heteroatoms. The van der Waals surface area contributed by atoms with Crippen LogP contribution in [0.4, 0.5) is 5.69 Å². The molecular formula is C19H22Cl2N6O. The Kier molecular flexibility index (Phi) is 7.37. The molecule has 3 N–H and O–H groups in total. The molecule has 1 atom stereocenters. The van der Waals surface area contributed by atoms with Crippen LogP contribution in [0.5, 0.6) is 0 Å². The topological polar surface area (TPSA) is 98.7 Å². The highest BCUT2D eigenvalue weighted by Crippen LogP contribution is 2.31. The third-order valence-electron chi connectivity index (χ3n) is 4.61. The molecule has 1 amide bonds. The number of nitrogen functional groups attached to an aromatic ring is 1. The van der Waals surface area contributed by atoms with Gasteiger partial charge in [0.15, 0.2) is 5.69 Å². The highest BCUT2D eigenvalue weighted by molar-refractivity contribution is 5.92. The summed E-state index contributed by atoms with van der Waals surface area (Å²) in [5, 5.41) is 11.1. The maximum atomic E-state index is 12.6. The van der Waals surface area contributed by atoms with E-state index in [1.54, 1.807) is 17.1 Å². The van der Waals surface area contributed by atoms with Gasteiger partial charge < -0.3 is 11.1 Å². The number of amides is 1. The van der Waals surface area contributed by atoms with Crippen LogP contribution in [-0.4, -0.2) is 25.9 Å². The average Bonchev–Trinajstić information content (AvgIpc) is 3.11. The molecule has 0 radical (unpaired) electrons. The Bertz CT molecular complexity index is 931. The van der Waals surface area contributed by atoms with E-state index in [0.717, 1.165) is 36.2 Å². The third kappa shape index (κ3) is 4.79. The van der Waals surface area contributed by atoms with Crippen molar-refractivity contribution in [2.45, 2.75) is 31.8 Å². The minimum Gasteiger partial charge on any atom is -0.399 e. The molecule has 1 aromatic carbocycles. The molecule has 0 saturated heterocycles. The quantitative estimate of drug-likeness (QED) is 0.632. The maximum absolute atomic E-state index is 12.6. The first kappa shape index (κ1) is 21.7. The lowest BCUT2D eigenvalue weighted by atomic mass is 9.87. The number of anilines is 1. The van der Waals surface area contributed by atoms with Crippen molar-refractivity contribution in [1.29, 1.82) is 0 Å². The predicted molar refractivity (Wildman–Crippen MR) is 112 cm³/mol. The lowest BCUT2D eigenvalue weighted by Crippen LogP contribution is -2.31. The largest absolute Gasteiger partial charge is 0.399 e. The monoisotopic (exact) mass is 420 g/mol. The van der Waals surface area contributed by atoms with Crippen LogP contribution in [0.15, 0.2) is 48.8 Å². The van der Waals surface area contributed by atoms with E-state index < -0.39 is 0 Å². The fraction of sp³-hybridized carbons (Fsp3) is 0.263. The molecule has 0 bridgehead atoms. The number of halogens is 2. The summed E-state index contributed by atoms with van der Waals surface area (Å²) in [5.74, 6) is -0.216. The van der Waals surface area contributed by atoms with E-state index in [1.165, 1.54) is 5.56 Å². The number of aromatic nitrogens is 4. The molecule has 1 aliphatic rings. The lowest BCUT2D eigenvalue weighted by molar-refractivity contribution is 0.0927. The van der Waals surface area contributed by atoms with Gasteiger partial charge >= 0.3 is 0 Å². The number of fused-ring (bicyclic) bond motifs is 1. The fourth-order valence-electron chi connectivity index (χ4n) is 3.35. The Balaban J connectivity index is 0.00000140. The Morgan fingerprint density at radius 2 is 2.11 bits per heavy atom. The summed E-state index contributed by atoms with van der Waals surface area (Å²) in [7, 11) is 0. The van der Waals surface area contributed by atoms with Gasteiger partial charge in [-0.05, 0) is 54.7 Å². The van der Waals surface area contributed by atoms with E-state index in [2.05, 4.69) is 20.6 Å². The van der Waals surface area contributed by atoms with Gasteiger partial charge in [-0.25, -0.2) is 4.68 Å². The summed E-state index contributed by atoms with van der Waals surface area (Å²) in [5.41, 5.74) is 10.1. The number of nitrogens with zero attached hydrogens (tertiary/aromatic N) is 4. The van der Waals surface area contributed by atoms with Gasteiger partial charge in [-0.2, -0.15) is 0 Å². The van der Waals surface area contributed by atoms with Gasteiger partial charge in [0, 0.05) is 11.9 Å². The number of carbonyl (C=O) groups is 1. The van der Waals surface area contributed by atoms with E-state index in [0.29, 0.717) is 12.2 Å². The van der Waals surface area contributed by atoms with Crippen molar-refractivity contribution in [2.75, 3.05) is 5.73 Å². The normalized spacial score (nSPS) is 14.9. The van der Waals surface area contributed by atoms with Gasteiger partial charge in [-0.1, -0.05) is 17.3 Å². The zero-order chi connectivity index (χ0) is 17.9. The number of nitrogens with one attached hydrogen (secondary N) is 1. The number of hydrogen-bond acceptors (Lipinski definition) is 5. The Labute approximate surface area is 175 Å². The minimum absolute atomic E-state index is 0. The second-order valence-corrected chi connectivity index (χ2v) is 6.50. The molecule has 0 fully saturated rings. The molecule has 2 heterocycles. The number of hydrogen-bond donors (Lipinski definition) is 2. The Hall–Kier alpha value is -2.64. The molecule has 4 rings (SSSR count). The first-order valence-electron chi connectivity index (χ1n) is 8.68. The summed E-state index contributed by atoms with van der Waals surface area (Å²) in [6.07, 6.45) is 6.30. The number of carbonyl (C=O) groups excluding carboxylic acids is 1. The number of benzene rings is 1. The van der Waals surface area contributed by atoms with Gasteiger partial charge in [0.1, 0.15) is 0 Å². The first-order chi connectivity index (χ1) is 12.7. The smallest absolute Gasteiger partial charge is 0.273 e. The molecule has 0 saturated carbocycles. The molecule has 3 aromatic rings. The van der Waals surface area contributed by atoms with Crippen molar-refractivity contribution in [3.63, 3.8) is 0 Å². The summed E-state index contributed by atoms with van der Waals surface area (Å²) < 4.78 is 1.62. The second kappa shape index (κ2) is 9.52. The molecule has 0 spiro atoms. The SMILES string of the molecule is Cl.Cl.Nc1ccc2c(c1)CCCC2NC(=O)c1cn(Cc2ccccn2)nn1. The highest BCUT2D eigenvalue weighted by atomic mass is 35.5. The first-order valence-corrected chi connectivity index (χ1v) is 8.68. The zero-order valence-corrected chi connectivity index (χ0v) is 16.7. The van der Waals surface area contributed by atoms with Crippen molar-refractivity contribution >= 4 is 36.4 Å². The van der Waals surface area contributed by atoms with Crippen LogP contribution in [0.2, 0.25) is 0 Å². The number of pyridine rings is 1. The second-order valence-electron chi connectivity index (χ2n) is 6.50. The zero-order valence-electron chi connectivity index (χ0n) is 15.1. The van der Waals surface area contributed by atoms with Crippen molar-refractivity contribution in [3.05, 3.63) is 71.3 Å². The summed E-state index contributed by atoms with van der Waals surface area (Å²) >= 11 is 0. The van der Waals surface area contributed by atoms with E-state index in [-0.39, 0.29) is 36.8 Å². The molecule has 0 aliphatic heterocycles. The van der Waals surface area contributed by atoms with Gasteiger partial charge in [-0.15, -0.1) is 29.9 Å². The van der Waals surface area contributed by atoms with E-state index >= 15 is 0 Å². The Morgan fingerprint density at radius 3 is 2.89 bits per heavy atom. The number of aryl methyl sites for hydroxylation is 1. The average molecular weight is 421 g/mol. The third-order valence-corrected chi connectivity index (χ3v) is 4.61. The Morgan fingerprint density at radius 1 is 1.25 bits per heavy atom. The van der Waals surface area contributed by atoms with Crippen LogP contribution >= 0.6 is 24.8 Å². The van der Waals surface area contributed by atoms with Crippen molar-refractivity contribution in [3.8, 4) is 0 Å². The molecule has 2 aromatic heterocycles. The molecular weight excluding hydrogens is 399 g/mol. The predicted octanol–water partition coefficient (Wildman–Crippen LogP) is 2.95. The van der Waals surface area contributed by atoms with E-state index in [9.17, 15) is 4.79 Å². The molecule has 28 heavy (non-hydrogen) atoms. The fourth-order valence-corrected chi connectivity index (χ4v) is 3.35. The van der Waals surface area contributed by atoms with Gasteiger partial charge in [0.2, 0.25) is 0 Å². The van der Waals surface area contributed by atoms with Gasteiger partial charge in [0.05, 0.1) is 24.5 Å². The molecule has 148 valence electrons. The maximum Gasteiger partial charge on any atom is 0.273 e. The summed E-state index contributed by atoms with van der Waals surface area (Å²) in [4.78, 5) is 16.8. The number of nitrogens with two attached hydrogens (primary N) is 1. The van der Waals surface area contributed by atoms with Crippen molar-refractivity contribution < 1.29 is 4.79 Å². The van der Waals surface area contributed by atoms with Crippen LogP contribution in [0, 0.1) is 0 Å². The molecule has 1 unspecified atom stereocenters. The van der Waals surface area contributed by atoms with Crippen LogP contribution in [0.1, 0.15) is 46.2 Å². The highest BCUT2D eigenvalue weighted by Gasteiger charge is 2.23. The van der Waals surface area contributed by atoms with E-state index in [4.69, 9.17) is 5.73 Å². The van der Waals surface area contributed by atoms with Crippen LogP contribution in [-0.2, 0) is 13.0 Å². The van der Waals surface area contributed by atoms with Gasteiger partial charge in [-0.3, -0.25) is 9.78 Å². The molecule has 1 aliphatic carbocycles. The molecule has 7 nitrogen and oxygen atoms in total. The van der Waals surface area contributed by atoms with Crippen LogP contribution in [0.25, 0.3) is 0 Å². The lowest BCUT2D eigenvalue weighted by Gasteiger charge is -2.26. The van der Waals surface area contributed by atoms with Crippen molar-refractivity contribution in [1.82, 2.24) is 25.3 Å².